The van der Waals surface area contributed by atoms with Crippen molar-refractivity contribution in [3.8, 4) is 0 Å². The van der Waals surface area contributed by atoms with Crippen molar-refractivity contribution in [2.75, 3.05) is 5.32 Å². The van der Waals surface area contributed by atoms with Crippen LogP contribution in [-0.4, -0.2) is 4.57 Å². The number of halogens is 1. The highest BCUT2D eigenvalue weighted by atomic mass is 79.9. The van der Waals surface area contributed by atoms with Gasteiger partial charge in [0.15, 0.2) is 0 Å². The van der Waals surface area contributed by atoms with E-state index < -0.39 is 0 Å². The molecule has 2 nitrogen and oxygen atoms in total. The molecule has 0 amide bonds. The number of nitrogens with zero attached hydrogens (tertiary/aromatic N) is 1. The topological polar surface area (TPSA) is 17.0 Å². The van der Waals surface area contributed by atoms with E-state index in [1.165, 1.54) is 22.4 Å². The van der Waals surface area contributed by atoms with Gasteiger partial charge in [-0.1, -0.05) is 15.9 Å². The summed E-state index contributed by atoms with van der Waals surface area (Å²) in [5, 5.41) is 3.50. The maximum atomic E-state index is 3.52. The third-order valence-corrected chi connectivity index (χ3v) is 3.32. The predicted octanol–water partition coefficient (Wildman–Crippen LogP) is 4.02. The highest BCUT2D eigenvalue weighted by Crippen LogP contribution is 2.25. The molecule has 1 aromatic carbocycles. The Labute approximate surface area is 111 Å². The van der Waals surface area contributed by atoms with Gasteiger partial charge < -0.3 is 9.88 Å². The van der Waals surface area contributed by atoms with Crippen molar-refractivity contribution in [1.82, 2.24) is 4.57 Å². The SMILES string of the molecule is Cc1cc(Br)cc(C)c1NCc1ccn(C)c1. The molecule has 0 saturated heterocycles. The lowest BCUT2D eigenvalue weighted by Gasteiger charge is -2.12. The summed E-state index contributed by atoms with van der Waals surface area (Å²) in [6, 6.07) is 6.41. The van der Waals surface area contributed by atoms with Crippen LogP contribution in [0.5, 0.6) is 0 Å². The Bertz CT molecular complexity index is 506. The van der Waals surface area contributed by atoms with E-state index in [4.69, 9.17) is 0 Å². The number of aryl methyl sites for hydroxylation is 3. The lowest BCUT2D eigenvalue weighted by atomic mass is 10.1. The molecule has 17 heavy (non-hydrogen) atoms. The predicted molar refractivity (Wildman–Crippen MR) is 76.4 cm³/mol. The van der Waals surface area contributed by atoms with Gasteiger partial charge >= 0.3 is 0 Å². The number of benzene rings is 1. The molecule has 0 spiro atoms. The van der Waals surface area contributed by atoms with Gasteiger partial charge in [0.1, 0.15) is 0 Å². The zero-order chi connectivity index (χ0) is 12.4. The molecule has 1 N–H and O–H groups in total. The number of hydrogen-bond donors (Lipinski definition) is 1. The first kappa shape index (κ1) is 12.2. The molecule has 0 atom stereocenters. The van der Waals surface area contributed by atoms with Crippen LogP contribution < -0.4 is 5.32 Å². The molecule has 0 fully saturated rings. The van der Waals surface area contributed by atoms with Gasteiger partial charge in [0, 0.05) is 36.1 Å². The number of nitrogens with one attached hydrogen (secondary N) is 1. The summed E-state index contributed by atoms with van der Waals surface area (Å²) in [7, 11) is 2.04. The molecule has 0 aliphatic heterocycles. The zero-order valence-corrected chi connectivity index (χ0v) is 12.0. The average Bonchev–Trinajstić information content (AvgIpc) is 2.62. The summed E-state index contributed by atoms with van der Waals surface area (Å²) in [5.74, 6) is 0. The Kier molecular flexibility index (Phi) is 3.57. The second-order valence-electron chi connectivity index (χ2n) is 4.45. The fourth-order valence-electron chi connectivity index (χ4n) is 2.05. The summed E-state index contributed by atoms with van der Waals surface area (Å²) < 4.78 is 3.20. The van der Waals surface area contributed by atoms with E-state index in [0.717, 1.165) is 11.0 Å². The summed E-state index contributed by atoms with van der Waals surface area (Å²) >= 11 is 3.52. The Morgan fingerprint density at radius 3 is 2.41 bits per heavy atom. The maximum Gasteiger partial charge on any atom is 0.0416 e. The number of hydrogen-bond acceptors (Lipinski definition) is 1. The van der Waals surface area contributed by atoms with Gasteiger partial charge in [-0.25, -0.2) is 0 Å². The van der Waals surface area contributed by atoms with Crippen LogP contribution in [0.15, 0.2) is 35.1 Å². The Balaban J connectivity index is 2.14. The molecule has 0 radical (unpaired) electrons. The number of rotatable bonds is 3. The minimum atomic E-state index is 0.865. The standard InChI is InChI=1S/C14H17BrN2/c1-10-6-13(15)7-11(2)14(10)16-8-12-4-5-17(3)9-12/h4-7,9,16H,8H2,1-3H3. The van der Waals surface area contributed by atoms with Gasteiger partial charge in [-0.05, 0) is 48.7 Å². The van der Waals surface area contributed by atoms with Crippen LogP contribution >= 0.6 is 15.9 Å². The third-order valence-electron chi connectivity index (χ3n) is 2.86. The molecule has 2 aromatic rings. The zero-order valence-electron chi connectivity index (χ0n) is 10.4. The van der Waals surface area contributed by atoms with Crippen LogP contribution in [0.2, 0.25) is 0 Å². The number of aromatic nitrogens is 1. The van der Waals surface area contributed by atoms with E-state index in [1.807, 2.05) is 7.05 Å². The molecule has 2 rings (SSSR count). The second-order valence-corrected chi connectivity index (χ2v) is 5.37. The van der Waals surface area contributed by atoms with Gasteiger partial charge in [0.25, 0.3) is 0 Å². The second kappa shape index (κ2) is 4.96. The first-order valence-corrected chi connectivity index (χ1v) is 6.47. The van der Waals surface area contributed by atoms with Crippen LogP contribution in [0.1, 0.15) is 16.7 Å². The summed E-state index contributed by atoms with van der Waals surface area (Å²) in [4.78, 5) is 0. The Hall–Kier alpha value is -1.22. The number of anilines is 1. The molecular formula is C14H17BrN2. The summed E-state index contributed by atoms with van der Waals surface area (Å²) in [6.45, 7) is 5.13. The van der Waals surface area contributed by atoms with Crippen LogP contribution in [0.25, 0.3) is 0 Å². The summed E-state index contributed by atoms with van der Waals surface area (Å²) in [6.07, 6.45) is 4.20. The van der Waals surface area contributed by atoms with Crippen LogP contribution in [0, 0.1) is 13.8 Å². The lowest BCUT2D eigenvalue weighted by molar-refractivity contribution is 0.920. The minimum Gasteiger partial charge on any atom is -0.380 e. The van der Waals surface area contributed by atoms with Crippen molar-refractivity contribution >= 4 is 21.6 Å². The smallest absolute Gasteiger partial charge is 0.0416 e. The maximum absolute atomic E-state index is 3.52. The highest BCUT2D eigenvalue weighted by Gasteiger charge is 2.04. The van der Waals surface area contributed by atoms with Crippen LogP contribution in [-0.2, 0) is 13.6 Å². The monoisotopic (exact) mass is 292 g/mol. The van der Waals surface area contributed by atoms with E-state index in [9.17, 15) is 0 Å². The highest BCUT2D eigenvalue weighted by molar-refractivity contribution is 9.10. The average molecular weight is 293 g/mol. The molecule has 0 bridgehead atoms. The first-order valence-electron chi connectivity index (χ1n) is 5.68. The van der Waals surface area contributed by atoms with Crippen molar-refractivity contribution in [3.63, 3.8) is 0 Å². The fraction of sp³-hybridized carbons (Fsp3) is 0.286. The summed E-state index contributed by atoms with van der Waals surface area (Å²) in [5.41, 5.74) is 5.08. The molecule has 90 valence electrons. The molecule has 0 unspecified atom stereocenters. The normalized spacial score (nSPS) is 10.6. The van der Waals surface area contributed by atoms with Gasteiger partial charge in [0.2, 0.25) is 0 Å². The van der Waals surface area contributed by atoms with Crippen LogP contribution in [0.3, 0.4) is 0 Å². The molecule has 3 heteroatoms. The van der Waals surface area contributed by atoms with E-state index in [-0.39, 0.29) is 0 Å². The Morgan fingerprint density at radius 2 is 1.88 bits per heavy atom. The lowest BCUT2D eigenvalue weighted by Crippen LogP contribution is -2.02. The molecule has 0 aliphatic carbocycles. The molecule has 0 aliphatic rings. The Morgan fingerprint density at radius 1 is 1.24 bits per heavy atom. The van der Waals surface area contributed by atoms with Gasteiger partial charge in [-0.3, -0.25) is 0 Å². The first-order chi connectivity index (χ1) is 8.06. The van der Waals surface area contributed by atoms with Gasteiger partial charge in [-0.2, -0.15) is 0 Å². The van der Waals surface area contributed by atoms with Crippen molar-refractivity contribution in [2.45, 2.75) is 20.4 Å². The molecular weight excluding hydrogens is 276 g/mol. The molecule has 1 heterocycles. The van der Waals surface area contributed by atoms with Crippen molar-refractivity contribution in [3.05, 3.63) is 51.8 Å². The van der Waals surface area contributed by atoms with Crippen molar-refractivity contribution in [2.24, 2.45) is 7.05 Å². The van der Waals surface area contributed by atoms with E-state index in [1.54, 1.807) is 0 Å². The van der Waals surface area contributed by atoms with E-state index in [2.05, 4.69) is 70.3 Å². The largest absolute Gasteiger partial charge is 0.380 e. The quantitative estimate of drug-likeness (QED) is 0.904. The van der Waals surface area contributed by atoms with Gasteiger partial charge in [0.05, 0.1) is 0 Å². The molecule has 1 aromatic heterocycles. The van der Waals surface area contributed by atoms with Gasteiger partial charge in [-0.15, -0.1) is 0 Å². The van der Waals surface area contributed by atoms with Crippen LogP contribution in [0.4, 0.5) is 5.69 Å². The molecule has 0 saturated carbocycles. The van der Waals surface area contributed by atoms with E-state index in [0.29, 0.717) is 0 Å². The van der Waals surface area contributed by atoms with Crippen molar-refractivity contribution in [1.29, 1.82) is 0 Å². The minimum absolute atomic E-state index is 0.865. The van der Waals surface area contributed by atoms with E-state index >= 15 is 0 Å². The van der Waals surface area contributed by atoms with Crippen molar-refractivity contribution < 1.29 is 0 Å². The third kappa shape index (κ3) is 2.91. The fourth-order valence-corrected chi connectivity index (χ4v) is 2.73.